The highest BCUT2D eigenvalue weighted by Gasteiger charge is 2.26. The molecule has 1 aromatic heterocycles. The average Bonchev–Trinajstić information content (AvgIpc) is 2.99. The lowest BCUT2D eigenvalue weighted by Crippen LogP contribution is -2.36. The summed E-state index contributed by atoms with van der Waals surface area (Å²) in [7, 11) is 0. The van der Waals surface area contributed by atoms with Gasteiger partial charge in [-0.2, -0.15) is 5.10 Å². The molecule has 3 rings (SSSR count). The third-order valence-electron chi connectivity index (χ3n) is 4.24. The van der Waals surface area contributed by atoms with Crippen LogP contribution in [0.25, 0.3) is 6.08 Å². The molecule has 0 saturated heterocycles. The van der Waals surface area contributed by atoms with Gasteiger partial charge in [0.2, 0.25) is 5.91 Å². The van der Waals surface area contributed by atoms with Crippen molar-refractivity contribution in [2.45, 2.75) is 39.3 Å². The minimum absolute atomic E-state index is 0.0137. The van der Waals surface area contributed by atoms with E-state index in [1.165, 1.54) is 5.69 Å². The maximum Gasteiger partial charge on any atom is 0.246 e. The van der Waals surface area contributed by atoms with Crippen LogP contribution < -0.4 is 0 Å². The summed E-state index contributed by atoms with van der Waals surface area (Å²) in [5, 5.41) is 5.49. The lowest BCUT2D eigenvalue weighted by atomic mass is 10.0. The van der Waals surface area contributed by atoms with Gasteiger partial charge in [-0.1, -0.05) is 29.3 Å². The minimum Gasteiger partial charge on any atom is -0.334 e. The molecule has 4 nitrogen and oxygen atoms in total. The summed E-state index contributed by atoms with van der Waals surface area (Å²) < 4.78 is 2.07. The van der Waals surface area contributed by atoms with Gasteiger partial charge in [0.05, 0.1) is 21.8 Å². The first kappa shape index (κ1) is 18.0. The SMILES string of the molecule is CC(C)(C)n1ncc2c1CCN(C(=O)/C=C/c1ccc(Cl)c(Cl)c1)C2. The highest BCUT2D eigenvalue weighted by molar-refractivity contribution is 6.42. The van der Waals surface area contributed by atoms with Gasteiger partial charge in [-0.05, 0) is 44.5 Å². The Hall–Kier alpha value is -1.78. The fourth-order valence-corrected chi connectivity index (χ4v) is 3.29. The fourth-order valence-electron chi connectivity index (χ4n) is 2.99. The van der Waals surface area contributed by atoms with E-state index in [2.05, 4.69) is 30.6 Å². The number of hydrogen-bond donors (Lipinski definition) is 0. The van der Waals surface area contributed by atoms with E-state index in [9.17, 15) is 4.79 Å². The number of carbonyl (C=O) groups excluding carboxylic acids is 1. The molecule has 2 aromatic rings. The van der Waals surface area contributed by atoms with Crippen LogP contribution in [0.1, 0.15) is 37.6 Å². The van der Waals surface area contributed by atoms with Crippen molar-refractivity contribution in [3.8, 4) is 0 Å². The zero-order chi connectivity index (χ0) is 18.2. The van der Waals surface area contributed by atoms with E-state index in [1.807, 2.05) is 17.2 Å². The van der Waals surface area contributed by atoms with E-state index in [-0.39, 0.29) is 11.4 Å². The standard InChI is InChI=1S/C19H21Cl2N3O/c1-19(2,3)24-17-8-9-23(12-14(17)11-22-24)18(25)7-5-13-4-6-15(20)16(21)10-13/h4-7,10-11H,8-9,12H2,1-3H3/b7-5+. The van der Waals surface area contributed by atoms with Gasteiger partial charge in [0.15, 0.2) is 0 Å². The summed E-state index contributed by atoms with van der Waals surface area (Å²) in [5.74, 6) is -0.0137. The molecule has 0 N–H and O–H groups in total. The molecule has 1 aromatic carbocycles. The highest BCUT2D eigenvalue weighted by atomic mass is 35.5. The Bertz CT molecular complexity index is 834. The number of hydrogen-bond acceptors (Lipinski definition) is 2. The summed E-state index contributed by atoms with van der Waals surface area (Å²) in [5.41, 5.74) is 3.15. The summed E-state index contributed by atoms with van der Waals surface area (Å²) in [6.07, 6.45) is 6.04. The number of benzene rings is 1. The van der Waals surface area contributed by atoms with Crippen molar-refractivity contribution in [1.29, 1.82) is 0 Å². The van der Waals surface area contributed by atoms with Gasteiger partial charge >= 0.3 is 0 Å². The Balaban J connectivity index is 1.71. The van der Waals surface area contributed by atoms with Crippen LogP contribution in [0.5, 0.6) is 0 Å². The zero-order valence-corrected chi connectivity index (χ0v) is 16.1. The third kappa shape index (κ3) is 3.91. The van der Waals surface area contributed by atoms with Gasteiger partial charge in [-0.25, -0.2) is 0 Å². The largest absolute Gasteiger partial charge is 0.334 e. The predicted molar refractivity (Wildman–Crippen MR) is 102 cm³/mol. The average molecular weight is 378 g/mol. The van der Waals surface area contributed by atoms with Crippen molar-refractivity contribution in [2.24, 2.45) is 0 Å². The molecule has 1 aliphatic rings. The molecule has 132 valence electrons. The molecule has 6 heteroatoms. The van der Waals surface area contributed by atoms with Crippen molar-refractivity contribution in [2.75, 3.05) is 6.54 Å². The monoisotopic (exact) mass is 377 g/mol. The van der Waals surface area contributed by atoms with Crippen molar-refractivity contribution in [3.63, 3.8) is 0 Å². The number of nitrogens with zero attached hydrogens (tertiary/aromatic N) is 3. The summed E-state index contributed by atoms with van der Waals surface area (Å²) in [4.78, 5) is 14.3. The number of fused-ring (bicyclic) bond motifs is 1. The second kappa shape index (κ2) is 6.85. The Kier molecular flexibility index (Phi) is 4.94. The molecule has 25 heavy (non-hydrogen) atoms. The minimum atomic E-state index is -0.0481. The van der Waals surface area contributed by atoms with E-state index in [0.29, 0.717) is 23.1 Å². The van der Waals surface area contributed by atoms with Gasteiger partial charge in [-0.3, -0.25) is 9.48 Å². The molecule has 0 radical (unpaired) electrons. The van der Waals surface area contributed by atoms with Crippen LogP contribution >= 0.6 is 23.2 Å². The van der Waals surface area contributed by atoms with Crippen LogP contribution in [0.3, 0.4) is 0 Å². The molecule has 0 atom stereocenters. The first-order chi connectivity index (χ1) is 11.8. The van der Waals surface area contributed by atoms with Crippen LogP contribution in [-0.4, -0.2) is 27.1 Å². The lowest BCUT2D eigenvalue weighted by Gasteiger charge is -2.29. The molecule has 0 spiro atoms. The van der Waals surface area contributed by atoms with Gasteiger partial charge in [0, 0.05) is 36.8 Å². The van der Waals surface area contributed by atoms with Crippen LogP contribution in [0, 0.1) is 0 Å². The van der Waals surface area contributed by atoms with Crippen molar-refractivity contribution >= 4 is 35.2 Å². The summed E-state index contributed by atoms with van der Waals surface area (Å²) >= 11 is 11.9. The van der Waals surface area contributed by atoms with E-state index in [4.69, 9.17) is 23.2 Å². The Morgan fingerprint density at radius 2 is 2.00 bits per heavy atom. The fraction of sp³-hybridized carbons (Fsp3) is 0.368. The molecule has 0 bridgehead atoms. The molecule has 1 amide bonds. The molecule has 2 heterocycles. The number of halogens is 2. The Morgan fingerprint density at radius 1 is 1.24 bits per heavy atom. The quantitative estimate of drug-likeness (QED) is 0.720. The van der Waals surface area contributed by atoms with E-state index in [0.717, 1.165) is 17.5 Å². The molecular formula is C19H21Cl2N3O. The Morgan fingerprint density at radius 3 is 2.68 bits per heavy atom. The number of carbonyl (C=O) groups is 1. The maximum atomic E-state index is 12.5. The maximum absolute atomic E-state index is 12.5. The molecule has 0 saturated carbocycles. The summed E-state index contributed by atoms with van der Waals surface area (Å²) in [6, 6.07) is 5.30. The van der Waals surface area contributed by atoms with Crippen molar-refractivity contribution < 1.29 is 4.79 Å². The molecule has 1 aliphatic heterocycles. The van der Waals surface area contributed by atoms with E-state index >= 15 is 0 Å². The number of aromatic nitrogens is 2. The smallest absolute Gasteiger partial charge is 0.246 e. The van der Waals surface area contributed by atoms with Gasteiger partial charge in [-0.15, -0.1) is 0 Å². The van der Waals surface area contributed by atoms with Crippen LogP contribution in [0.2, 0.25) is 10.0 Å². The van der Waals surface area contributed by atoms with Gasteiger partial charge < -0.3 is 4.90 Å². The van der Waals surface area contributed by atoms with Crippen LogP contribution in [-0.2, 0) is 23.3 Å². The molecular weight excluding hydrogens is 357 g/mol. The normalized spacial score (nSPS) is 14.8. The van der Waals surface area contributed by atoms with Gasteiger partial charge in [0.1, 0.15) is 0 Å². The zero-order valence-electron chi connectivity index (χ0n) is 14.6. The lowest BCUT2D eigenvalue weighted by molar-refractivity contribution is -0.126. The Labute approximate surface area is 158 Å². The topological polar surface area (TPSA) is 38.1 Å². The predicted octanol–water partition coefficient (Wildman–Crippen LogP) is 4.54. The van der Waals surface area contributed by atoms with Crippen LogP contribution in [0.4, 0.5) is 0 Å². The second-order valence-electron chi connectivity index (χ2n) is 7.22. The number of amides is 1. The van der Waals surface area contributed by atoms with Crippen molar-refractivity contribution in [1.82, 2.24) is 14.7 Å². The molecule has 0 fully saturated rings. The van der Waals surface area contributed by atoms with E-state index < -0.39 is 0 Å². The molecule has 0 aliphatic carbocycles. The van der Waals surface area contributed by atoms with E-state index in [1.54, 1.807) is 24.3 Å². The first-order valence-electron chi connectivity index (χ1n) is 8.24. The number of rotatable bonds is 2. The summed E-state index contributed by atoms with van der Waals surface area (Å²) in [6.45, 7) is 7.70. The third-order valence-corrected chi connectivity index (χ3v) is 4.98. The van der Waals surface area contributed by atoms with Crippen molar-refractivity contribution in [3.05, 3.63) is 57.3 Å². The first-order valence-corrected chi connectivity index (χ1v) is 8.99. The van der Waals surface area contributed by atoms with Crippen LogP contribution in [0.15, 0.2) is 30.5 Å². The highest BCUT2D eigenvalue weighted by Crippen LogP contribution is 2.25. The second-order valence-corrected chi connectivity index (χ2v) is 8.03. The molecule has 0 unspecified atom stereocenters. The van der Waals surface area contributed by atoms with Gasteiger partial charge in [0.25, 0.3) is 0 Å².